The summed E-state index contributed by atoms with van der Waals surface area (Å²) < 4.78 is 39.5. The van der Waals surface area contributed by atoms with Crippen molar-refractivity contribution in [2.75, 3.05) is 23.3 Å². The molecule has 2 amide bonds. The molecule has 1 aromatic carbocycles. The van der Waals surface area contributed by atoms with Crippen molar-refractivity contribution in [3.05, 3.63) is 72.1 Å². The van der Waals surface area contributed by atoms with Gasteiger partial charge in [-0.05, 0) is 61.7 Å². The first-order chi connectivity index (χ1) is 15.8. The van der Waals surface area contributed by atoms with Gasteiger partial charge in [0.05, 0.1) is 16.9 Å². The maximum Gasteiger partial charge on any atom is 0.416 e. The number of nitrogens with zero attached hydrogens (tertiary/aromatic N) is 3. The Bertz CT molecular complexity index is 1120. The van der Waals surface area contributed by atoms with Crippen LogP contribution in [0, 0.1) is 0 Å². The average molecular weight is 455 g/mol. The fourth-order valence-electron chi connectivity index (χ4n) is 3.78. The lowest BCUT2D eigenvalue weighted by molar-refractivity contribution is -0.137. The number of carbonyl (C=O) groups is 1. The number of carbonyl (C=O) groups excluding carboxylic acids is 1. The zero-order valence-electron chi connectivity index (χ0n) is 18.1. The second-order valence-electron chi connectivity index (χ2n) is 7.92. The number of rotatable bonds is 4. The Kier molecular flexibility index (Phi) is 6.48. The van der Waals surface area contributed by atoms with Crippen LogP contribution in [-0.4, -0.2) is 35.1 Å². The van der Waals surface area contributed by atoms with Crippen molar-refractivity contribution in [3.8, 4) is 11.3 Å². The summed E-state index contributed by atoms with van der Waals surface area (Å²) in [6.45, 7) is 3.01. The lowest BCUT2D eigenvalue weighted by Crippen LogP contribution is -2.46. The molecule has 0 saturated carbocycles. The normalized spacial score (nSPS) is 15.9. The van der Waals surface area contributed by atoms with Gasteiger partial charge in [0.1, 0.15) is 0 Å². The number of halogens is 3. The molecular weight excluding hydrogens is 431 g/mol. The van der Waals surface area contributed by atoms with Gasteiger partial charge in [-0.1, -0.05) is 12.1 Å². The van der Waals surface area contributed by atoms with Crippen molar-refractivity contribution in [1.29, 1.82) is 0 Å². The topological polar surface area (TPSA) is 70.2 Å². The Hall–Kier alpha value is -3.62. The quantitative estimate of drug-likeness (QED) is 0.573. The van der Waals surface area contributed by atoms with E-state index in [2.05, 4.69) is 20.6 Å². The highest BCUT2D eigenvalue weighted by Crippen LogP contribution is 2.35. The monoisotopic (exact) mass is 455 g/mol. The zero-order valence-corrected chi connectivity index (χ0v) is 18.1. The number of pyridine rings is 2. The number of hydrogen-bond donors (Lipinski definition) is 2. The van der Waals surface area contributed by atoms with Crippen molar-refractivity contribution in [2.24, 2.45) is 0 Å². The molecule has 1 atom stereocenters. The van der Waals surface area contributed by atoms with E-state index in [1.807, 2.05) is 19.1 Å². The number of amides is 2. The summed E-state index contributed by atoms with van der Waals surface area (Å²) >= 11 is 0. The highest BCUT2D eigenvalue weighted by molar-refractivity contribution is 5.95. The first-order valence-corrected chi connectivity index (χ1v) is 10.7. The van der Waals surface area contributed by atoms with Gasteiger partial charge in [-0.15, -0.1) is 0 Å². The molecule has 6 nitrogen and oxygen atoms in total. The SMILES string of the molecule is C[C@@H]1CCNc2ccc(-c3cccc(C(F)(F)F)c3)nc2N1C(=O)NCCc1ccncc1. The van der Waals surface area contributed by atoms with Crippen molar-refractivity contribution in [3.63, 3.8) is 0 Å². The molecule has 33 heavy (non-hydrogen) atoms. The van der Waals surface area contributed by atoms with Gasteiger partial charge in [-0.25, -0.2) is 9.78 Å². The fourth-order valence-corrected chi connectivity index (χ4v) is 3.78. The minimum absolute atomic E-state index is 0.149. The minimum Gasteiger partial charge on any atom is -0.382 e. The van der Waals surface area contributed by atoms with Crippen LogP contribution in [0.4, 0.5) is 29.5 Å². The molecule has 0 spiro atoms. The Morgan fingerprint density at radius 1 is 1.18 bits per heavy atom. The van der Waals surface area contributed by atoms with Crippen LogP contribution >= 0.6 is 0 Å². The van der Waals surface area contributed by atoms with Gasteiger partial charge in [0.25, 0.3) is 0 Å². The number of benzene rings is 1. The smallest absolute Gasteiger partial charge is 0.382 e. The number of urea groups is 1. The molecule has 0 fully saturated rings. The van der Waals surface area contributed by atoms with Crippen molar-refractivity contribution in [1.82, 2.24) is 15.3 Å². The van der Waals surface area contributed by atoms with Gasteiger partial charge in [-0.3, -0.25) is 9.88 Å². The van der Waals surface area contributed by atoms with E-state index in [9.17, 15) is 18.0 Å². The zero-order chi connectivity index (χ0) is 23.4. The van der Waals surface area contributed by atoms with Crippen LogP contribution in [0.1, 0.15) is 24.5 Å². The van der Waals surface area contributed by atoms with Crippen LogP contribution in [0.5, 0.6) is 0 Å². The van der Waals surface area contributed by atoms with E-state index in [0.29, 0.717) is 48.7 Å². The molecule has 0 saturated heterocycles. The molecular formula is C24H24F3N5O. The van der Waals surface area contributed by atoms with Crippen LogP contribution in [0.15, 0.2) is 60.9 Å². The lowest BCUT2D eigenvalue weighted by Gasteiger charge is -2.27. The molecule has 9 heteroatoms. The summed E-state index contributed by atoms with van der Waals surface area (Å²) in [7, 11) is 0. The Morgan fingerprint density at radius 3 is 2.73 bits per heavy atom. The minimum atomic E-state index is -4.45. The molecule has 2 aromatic heterocycles. The molecule has 3 heterocycles. The van der Waals surface area contributed by atoms with Gasteiger partial charge in [-0.2, -0.15) is 13.2 Å². The van der Waals surface area contributed by atoms with Crippen molar-refractivity contribution >= 4 is 17.5 Å². The first kappa shape index (κ1) is 22.6. The Balaban J connectivity index is 1.60. The van der Waals surface area contributed by atoms with Crippen LogP contribution in [0.3, 0.4) is 0 Å². The van der Waals surface area contributed by atoms with Crippen LogP contribution in [0.2, 0.25) is 0 Å². The number of nitrogens with one attached hydrogen (secondary N) is 2. The molecule has 0 radical (unpaired) electrons. The predicted octanol–water partition coefficient (Wildman–Crippen LogP) is 5.13. The predicted molar refractivity (Wildman–Crippen MR) is 121 cm³/mol. The largest absolute Gasteiger partial charge is 0.416 e. The maximum absolute atomic E-state index is 13.2. The summed E-state index contributed by atoms with van der Waals surface area (Å²) in [6.07, 6.45) is 0.315. The number of hydrogen-bond acceptors (Lipinski definition) is 4. The summed E-state index contributed by atoms with van der Waals surface area (Å²) in [6, 6.07) is 11.8. The van der Waals surface area contributed by atoms with E-state index < -0.39 is 11.7 Å². The molecule has 1 aliphatic rings. The van der Waals surface area contributed by atoms with E-state index in [4.69, 9.17) is 0 Å². The van der Waals surface area contributed by atoms with Gasteiger partial charge >= 0.3 is 12.2 Å². The van der Waals surface area contributed by atoms with E-state index >= 15 is 0 Å². The van der Waals surface area contributed by atoms with E-state index in [0.717, 1.165) is 17.7 Å². The van der Waals surface area contributed by atoms with E-state index in [1.165, 1.54) is 6.07 Å². The Morgan fingerprint density at radius 2 is 1.97 bits per heavy atom. The molecule has 172 valence electrons. The number of anilines is 2. The molecule has 0 bridgehead atoms. The number of aromatic nitrogens is 2. The van der Waals surface area contributed by atoms with Crippen LogP contribution < -0.4 is 15.5 Å². The van der Waals surface area contributed by atoms with Gasteiger partial charge in [0, 0.05) is 37.1 Å². The van der Waals surface area contributed by atoms with Crippen LogP contribution in [0.25, 0.3) is 11.3 Å². The molecule has 0 unspecified atom stereocenters. The fraction of sp³-hybridized carbons (Fsp3) is 0.292. The second kappa shape index (κ2) is 9.48. The highest BCUT2D eigenvalue weighted by Gasteiger charge is 2.31. The lowest BCUT2D eigenvalue weighted by atomic mass is 10.1. The second-order valence-corrected chi connectivity index (χ2v) is 7.92. The molecule has 3 aromatic rings. The number of fused-ring (bicyclic) bond motifs is 1. The van der Waals surface area contributed by atoms with Crippen LogP contribution in [-0.2, 0) is 12.6 Å². The van der Waals surface area contributed by atoms with Gasteiger partial charge in [0.2, 0.25) is 0 Å². The standard InChI is InChI=1S/C24H24F3N5O/c1-16-7-13-29-21-6-5-20(18-3-2-4-19(15-18)24(25,26)27)31-22(21)32(16)23(33)30-14-10-17-8-11-28-12-9-17/h2-6,8-9,11-12,15-16,29H,7,10,13-14H2,1H3,(H,30,33)/t16-/m1/s1. The molecule has 2 N–H and O–H groups in total. The number of alkyl halides is 3. The third-order valence-corrected chi connectivity index (χ3v) is 5.57. The first-order valence-electron chi connectivity index (χ1n) is 10.7. The average Bonchev–Trinajstić information content (AvgIpc) is 2.96. The van der Waals surface area contributed by atoms with Crippen molar-refractivity contribution < 1.29 is 18.0 Å². The Labute approximate surface area is 189 Å². The summed E-state index contributed by atoms with van der Waals surface area (Å²) in [5.41, 5.74) is 1.68. The van der Waals surface area contributed by atoms with Gasteiger partial charge < -0.3 is 10.6 Å². The maximum atomic E-state index is 13.2. The third kappa shape index (κ3) is 5.24. The molecule has 1 aliphatic heterocycles. The summed E-state index contributed by atoms with van der Waals surface area (Å²) in [5, 5.41) is 6.20. The molecule has 4 rings (SSSR count). The van der Waals surface area contributed by atoms with Gasteiger partial charge in [0.15, 0.2) is 5.82 Å². The third-order valence-electron chi connectivity index (χ3n) is 5.57. The van der Waals surface area contributed by atoms with E-state index in [1.54, 1.807) is 35.5 Å². The molecule has 0 aliphatic carbocycles. The van der Waals surface area contributed by atoms with Crippen molar-refractivity contribution in [2.45, 2.75) is 32.0 Å². The summed E-state index contributed by atoms with van der Waals surface area (Å²) in [4.78, 5) is 23.3. The van der Waals surface area contributed by atoms with E-state index in [-0.39, 0.29) is 12.1 Å². The highest BCUT2D eigenvalue weighted by atomic mass is 19.4. The summed E-state index contributed by atoms with van der Waals surface area (Å²) in [5.74, 6) is 0.399.